The summed E-state index contributed by atoms with van der Waals surface area (Å²) in [6.07, 6.45) is 1.16. The Hall–Kier alpha value is -6.65. The maximum Gasteiger partial charge on any atom is 0.302 e. The number of pyridine rings is 1. The second-order valence-electron chi connectivity index (χ2n) is 14.2. The van der Waals surface area contributed by atoms with Gasteiger partial charge in [-0.1, -0.05) is 97.1 Å². The van der Waals surface area contributed by atoms with Gasteiger partial charge in [0.25, 0.3) is 5.91 Å². The van der Waals surface area contributed by atoms with E-state index in [2.05, 4.69) is 6.58 Å². The zero-order valence-electron chi connectivity index (χ0n) is 32.2. The van der Waals surface area contributed by atoms with Crippen LogP contribution in [0.15, 0.2) is 146 Å². The largest absolute Gasteiger partial charge is 0.493 e. The van der Waals surface area contributed by atoms with Gasteiger partial charge in [0.15, 0.2) is 0 Å². The molecule has 0 spiro atoms. The Morgan fingerprint density at radius 3 is 2.31 bits per heavy atom. The SMILES string of the molecule is C=CCC(OC(C)=O)[C@@H]1[C@@H](N(Cc2ccc(-c3ccccc3)cc2)C(=O)Cc2ccc(F)cc2)c2cc(OCCCO)ccc2N1C(=O)c1ccc2ccccc2n1. The van der Waals surface area contributed by atoms with Gasteiger partial charge in [-0.05, 0) is 64.7 Å². The fourth-order valence-electron chi connectivity index (χ4n) is 7.58. The predicted molar refractivity (Wildman–Crippen MR) is 222 cm³/mol. The molecular formula is C48H44FN3O6. The molecule has 0 radical (unpaired) electrons. The molecule has 0 aliphatic carbocycles. The summed E-state index contributed by atoms with van der Waals surface area (Å²) in [5.41, 5.74) is 5.34. The van der Waals surface area contributed by atoms with Crippen LogP contribution in [0.3, 0.4) is 0 Å². The van der Waals surface area contributed by atoms with E-state index in [1.54, 1.807) is 52.3 Å². The number of halogens is 1. The Morgan fingerprint density at radius 1 is 0.879 bits per heavy atom. The molecule has 58 heavy (non-hydrogen) atoms. The molecule has 1 aromatic heterocycles. The second-order valence-corrected chi connectivity index (χ2v) is 14.2. The van der Waals surface area contributed by atoms with E-state index in [1.165, 1.54) is 19.1 Å². The van der Waals surface area contributed by atoms with Crippen LogP contribution in [0.4, 0.5) is 10.1 Å². The van der Waals surface area contributed by atoms with E-state index in [0.717, 1.165) is 22.1 Å². The lowest BCUT2D eigenvalue weighted by Gasteiger charge is -2.39. The smallest absolute Gasteiger partial charge is 0.302 e. The molecule has 1 unspecified atom stereocenters. The van der Waals surface area contributed by atoms with Crippen LogP contribution in [0.5, 0.6) is 5.75 Å². The van der Waals surface area contributed by atoms with Crippen molar-refractivity contribution in [2.75, 3.05) is 18.1 Å². The molecule has 1 N–H and O–H groups in total. The van der Waals surface area contributed by atoms with Gasteiger partial charge in [-0.2, -0.15) is 0 Å². The standard InChI is InChI=1S/C48H44FN3O6/c1-3-10-44(58-32(2)54)47-46(51(45(55)29-33-17-22-38(49)23-18-33)31-34-15-19-36(20-16-34)35-11-5-4-6-12-35)40-30-39(57-28-9-27-53)24-26-43(40)52(47)48(56)42-25-21-37-13-7-8-14-41(37)50-42/h3-8,11-26,30,44,46-47,53H,1,9-10,27-29,31H2,2H3/t44?,46-,47+/m0/s1. The molecule has 2 amide bonds. The van der Waals surface area contributed by atoms with Gasteiger partial charge in [-0.3, -0.25) is 19.3 Å². The third-order valence-corrected chi connectivity index (χ3v) is 10.2. The molecule has 2 heterocycles. The van der Waals surface area contributed by atoms with E-state index in [1.807, 2.05) is 84.9 Å². The molecule has 0 fully saturated rings. The molecule has 7 rings (SSSR count). The van der Waals surface area contributed by atoms with E-state index in [9.17, 15) is 19.1 Å². The summed E-state index contributed by atoms with van der Waals surface area (Å²) in [4.78, 5) is 50.9. The van der Waals surface area contributed by atoms with Gasteiger partial charge in [-0.25, -0.2) is 9.37 Å². The molecule has 1 aliphatic rings. The average Bonchev–Trinajstić information content (AvgIpc) is 3.57. The molecule has 0 saturated heterocycles. The Bertz CT molecular complexity index is 2400. The van der Waals surface area contributed by atoms with Crippen LogP contribution in [-0.2, 0) is 27.3 Å². The van der Waals surface area contributed by atoms with Gasteiger partial charge >= 0.3 is 5.97 Å². The number of ether oxygens (including phenoxy) is 2. The van der Waals surface area contributed by atoms with Crippen molar-refractivity contribution < 1.29 is 33.4 Å². The average molecular weight is 778 g/mol. The van der Waals surface area contributed by atoms with Crippen molar-refractivity contribution in [2.45, 2.75) is 50.9 Å². The predicted octanol–water partition coefficient (Wildman–Crippen LogP) is 8.65. The van der Waals surface area contributed by atoms with Crippen molar-refractivity contribution in [3.05, 3.63) is 174 Å². The number of esters is 1. The van der Waals surface area contributed by atoms with Crippen molar-refractivity contribution >= 4 is 34.4 Å². The first-order valence-electron chi connectivity index (χ1n) is 19.3. The van der Waals surface area contributed by atoms with Crippen LogP contribution >= 0.6 is 0 Å². The zero-order chi connectivity index (χ0) is 40.6. The van der Waals surface area contributed by atoms with Crippen molar-refractivity contribution in [2.24, 2.45) is 0 Å². The Labute approximate surface area is 337 Å². The fraction of sp³-hybridized carbons (Fsp3) is 0.208. The molecule has 10 heteroatoms. The number of carbonyl (C=O) groups excluding carboxylic acids is 3. The summed E-state index contributed by atoms with van der Waals surface area (Å²) in [7, 11) is 0. The Balaban J connectivity index is 1.40. The van der Waals surface area contributed by atoms with Gasteiger partial charge in [0.1, 0.15) is 23.4 Å². The van der Waals surface area contributed by atoms with Crippen molar-refractivity contribution in [1.29, 1.82) is 0 Å². The maximum absolute atomic E-state index is 15.0. The number of para-hydroxylation sites is 1. The van der Waals surface area contributed by atoms with Crippen LogP contribution < -0.4 is 9.64 Å². The first kappa shape index (κ1) is 39.6. The van der Waals surface area contributed by atoms with Crippen molar-refractivity contribution in [1.82, 2.24) is 9.88 Å². The number of aromatic nitrogens is 1. The normalized spacial score (nSPS) is 15.1. The third-order valence-electron chi connectivity index (χ3n) is 10.2. The second kappa shape index (κ2) is 18.1. The number of carbonyl (C=O) groups is 3. The summed E-state index contributed by atoms with van der Waals surface area (Å²) >= 11 is 0. The molecule has 9 nitrogen and oxygen atoms in total. The third kappa shape index (κ3) is 8.82. The van der Waals surface area contributed by atoms with Gasteiger partial charge in [0.05, 0.1) is 36.3 Å². The van der Waals surface area contributed by atoms with Crippen molar-refractivity contribution in [3.63, 3.8) is 0 Å². The number of benzene rings is 5. The number of amides is 2. The minimum atomic E-state index is -0.953. The van der Waals surface area contributed by atoms with Gasteiger partial charge in [0.2, 0.25) is 5.91 Å². The lowest BCUT2D eigenvalue weighted by atomic mass is 9.93. The van der Waals surface area contributed by atoms with Gasteiger partial charge in [-0.15, -0.1) is 6.58 Å². The maximum atomic E-state index is 15.0. The monoisotopic (exact) mass is 777 g/mol. The first-order valence-corrected chi connectivity index (χ1v) is 19.3. The number of aliphatic hydroxyl groups excluding tert-OH is 1. The molecule has 0 saturated carbocycles. The van der Waals surface area contributed by atoms with Crippen LogP contribution in [-0.4, -0.2) is 58.1 Å². The highest BCUT2D eigenvalue weighted by Gasteiger charge is 2.51. The highest BCUT2D eigenvalue weighted by molar-refractivity contribution is 6.08. The molecule has 1 aliphatic heterocycles. The quantitative estimate of drug-likeness (QED) is 0.0632. The first-order chi connectivity index (χ1) is 28.2. The van der Waals surface area contributed by atoms with Crippen LogP contribution in [0.2, 0.25) is 0 Å². The minimum Gasteiger partial charge on any atom is -0.493 e. The molecule has 294 valence electrons. The molecule has 6 aromatic rings. The summed E-state index contributed by atoms with van der Waals surface area (Å²) in [5.74, 6) is -1.26. The van der Waals surface area contributed by atoms with Crippen molar-refractivity contribution in [3.8, 4) is 16.9 Å². The lowest BCUT2D eigenvalue weighted by Crippen LogP contribution is -2.53. The number of anilines is 1. The number of fused-ring (bicyclic) bond motifs is 2. The number of nitrogens with zero attached hydrogens (tertiary/aromatic N) is 3. The number of hydrogen-bond donors (Lipinski definition) is 1. The zero-order valence-corrected chi connectivity index (χ0v) is 32.2. The molecule has 0 bridgehead atoms. The number of aliphatic hydroxyl groups is 1. The summed E-state index contributed by atoms with van der Waals surface area (Å²) < 4.78 is 26.1. The highest BCUT2D eigenvalue weighted by Crippen LogP contribution is 2.48. The highest BCUT2D eigenvalue weighted by atomic mass is 19.1. The fourth-order valence-corrected chi connectivity index (χ4v) is 7.58. The van der Waals surface area contributed by atoms with Crippen LogP contribution in [0, 0.1) is 5.82 Å². The summed E-state index contributed by atoms with van der Waals surface area (Å²) in [6, 6.07) is 38.2. The van der Waals surface area contributed by atoms with Gasteiger partial charge in [0, 0.05) is 43.9 Å². The number of hydrogen-bond acceptors (Lipinski definition) is 7. The minimum absolute atomic E-state index is 0.0585. The number of rotatable bonds is 15. The van der Waals surface area contributed by atoms with E-state index >= 15 is 4.79 Å². The Morgan fingerprint density at radius 2 is 1.59 bits per heavy atom. The van der Waals surface area contributed by atoms with E-state index in [0.29, 0.717) is 34.5 Å². The summed E-state index contributed by atoms with van der Waals surface area (Å²) in [6.45, 7) is 5.56. The molecule has 3 atom stereocenters. The van der Waals surface area contributed by atoms with E-state index < -0.39 is 35.9 Å². The molecule has 5 aromatic carbocycles. The summed E-state index contributed by atoms with van der Waals surface area (Å²) in [5, 5.41) is 10.3. The van der Waals surface area contributed by atoms with Crippen LogP contribution in [0.25, 0.3) is 22.0 Å². The Kier molecular flexibility index (Phi) is 12.3. The van der Waals surface area contributed by atoms with Gasteiger partial charge < -0.3 is 19.5 Å². The topological polar surface area (TPSA) is 109 Å². The molecular weight excluding hydrogens is 734 g/mol. The lowest BCUT2D eigenvalue weighted by molar-refractivity contribution is -0.148. The van der Waals surface area contributed by atoms with E-state index in [-0.39, 0.29) is 44.2 Å². The van der Waals surface area contributed by atoms with Crippen LogP contribution in [0.1, 0.15) is 53.0 Å². The van der Waals surface area contributed by atoms with E-state index in [4.69, 9.17) is 14.5 Å².